The van der Waals surface area contributed by atoms with Crippen molar-refractivity contribution in [3.8, 4) is 17.6 Å². The van der Waals surface area contributed by atoms with E-state index in [0.717, 1.165) is 37.7 Å². The number of benzene rings is 1. The lowest BCUT2D eigenvalue weighted by Crippen LogP contribution is -1.82. The van der Waals surface area contributed by atoms with E-state index in [1.54, 1.807) is 12.1 Å². The summed E-state index contributed by atoms with van der Waals surface area (Å²) in [6, 6.07) is 7.36. The van der Waals surface area contributed by atoms with Gasteiger partial charge in [0, 0.05) is 12.8 Å². The van der Waals surface area contributed by atoms with Crippen LogP contribution in [0.2, 0.25) is 0 Å². The molecule has 1 heteroatoms. The lowest BCUT2D eigenvalue weighted by Gasteiger charge is -1.97. The van der Waals surface area contributed by atoms with E-state index in [9.17, 15) is 5.11 Å². The molecule has 0 saturated carbocycles. The molecule has 1 nitrogen and oxygen atoms in total. The van der Waals surface area contributed by atoms with Crippen molar-refractivity contribution in [3.63, 3.8) is 0 Å². The molecule has 1 N–H and O–H groups in total. The number of phenolic OH excluding ortho intramolecular Hbond substituents is 1. The summed E-state index contributed by atoms with van der Waals surface area (Å²) in [6.07, 6.45) is 4.89. The molecular formula is C18H26O. The molecule has 0 aliphatic heterocycles. The zero-order valence-corrected chi connectivity index (χ0v) is 12.5. The average molecular weight is 258 g/mol. The lowest BCUT2D eigenvalue weighted by atomic mass is 10.1. The number of aryl methyl sites for hydroxylation is 1. The van der Waals surface area contributed by atoms with E-state index in [1.807, 2.05) is 26.0 Å². The first-order valence-electron chi connectivity index (χ1n) is 7.06. The van der Waals surface area contributed by atoms with Gasteiger partial charge in [-0.25, -0.2) is 0 Å². The Morgan fingerprint density at radius 3 is 2.53 bits per heavy atom. The lowest BCUT2D eigenvalue weighted by molar-refractivity contribution is 0.474. The first kappa shape index (κ1) is 17.3. The van der Waals surface area contributed by atoms with Crippen molar-refractivity contribution in [3.05, 3.63) is 42.0 Å². The summed E-state index contributed by atoms with van der Waals surface area (Å²) in [4.78, 5) is 0. The molecule has 104 valence electrons. The van der Waals surface area contributed by atoms with Gasteiger partial charge < -0.3 is 5.11 Å². The third-order valence-electron chi connectivity index (χ3n) is 2.48. The van der Waals surface area contributed by atoms with Gasteiger partial charge in [0.05, 0.1) is 0 Å². The van der Waals surface area contributed by atoms with E-state index in [1.165, 1.54) is 5.57 Å². The maximum Gasteiger partial charge on any atom is 0.115 e. The van der Waals surface area contributed by atoms with E-state index in [2.05, 4.69) is 25.3 Å². The summed E-state index contributed by atoms with van der Waals surface area (Å²) < 4.78 is 0. The number of hydrogen-bond donors (Lipinski definition) is 1. The van der Waals surface area contributed by atoms with Crippen LogP contribution in [-0.2, 0) is 6.42 Å². The molecule has 0 unspecified atom stereocenters. The van der Waals surface area contributed by atoms with Crippen molar-refractivity contribution in [1.82, 2.24) is 0 Å². The van der Waals surface area contributed by atoms with Gasteiger partial charge in [-0.3, -0.25) is 0 Å². The van der Waals surface area contributed by atoms with Crippen molar-refractivity contribution in [1.29, 1.82) is 0 Å². The molecule has 1 aromatic carbocycles. The highest BCUT2D eigenvalue weighted by molar-refractivity contribution is 5.27. The molecule has 0 aliphatic carbocycles. The summed E-state index contributed by atoms with van der Waals surface area (Å²) in [5.41, 5.74) is 2.37. The van der Waals surface area contributed by atoms with Crippen LogP contribution in [0.5, 0.6) is 5.75 Å². The van der Waals surface area contributed by atoms with Gasteiger partial charge in [-0.15, -0.1) is 18.4 Å². The molecule has 0 saturated heterocycles. The van der Waals surface area contributed by atoms with Crippen LogP contribution in [-0.4, -0.2) is 5.11 Å². The third-order valence-corrected chi connectivity index (χ3v) is 2.48. The Morgan fingerprint density at radius 1 is 1.21 bits per heavy atom. The zero-order chi connectivity index (χ0) is 14.5. The number of allylic oxidation sites excluding steroid dienone is 1. The van der Waals surface area contributed by atoms with Crippen LogP contribution < -0.4 is 0 Å². The Hall–Kier alpha value is -1.68. The minimum Gasteiger partial charge on any atom is -0.508 e. The van der Waals surface area contributed by atoms with Crippen LogP contribution in [0.15, 0.2) is 36.4 Å². The zero-order valence-electron chi connectivity index (χ0n) is 12.5. The van der Waals surface area contributed by atoms with Crippen LogP contribution in [0.25, 0.3) is 0 Å². The molecule has 0 spiro atoms. The minimum absolute atomic E-state index is 0.330. The molecule has 0 aliphatic rings. The highest BCUT2D eigenvalue weighted by Crippen LogP contribution is 2.12. The minimum atomic E-state index is 0.330. The SMILES string of the molecule is C=C(C)CCCC#CCCc1cccc(O)c1.CC. The van der Waals surface area contributed by atoms with E-state index < -0.39 is 0 Å². The number of hydrogen-bond acceptors (Lipinski definition) is 1. The Balaban J connectivity index is 0.00000154. The monoisotopic (exact) mass is 258 g/mol. The van der Waals surface area contributed by atoms with Gasteiger partial charge in [0.15, 0.2) is 0 Å². The van der Waals surface area contributed by atoms with E-state index in [4.69, 9.17) is 0 Å². The maximum absolute atomic E-state index is 9.29. The van der Waals surface area contributed by atoms with Crippen molar-refractivity contribution in [2.24, 2.45) is 0 Å². The van der Waals surface area contributed by atoms with Gasteiger partial charge >= 0.3 is 0 Å². The standard InChI is InChI=1S/C16H20O.C2H6/c1-14(2)9-6-4-3-5-7-10-15-11-8-12-16(17)13-15;1-2/h8,11-13,17H,1,4,6-7,9-10H2,2H3;1-2H3. The van der Waals surface area contributed by atoms with Gasteiger partial charge in [0.1, 0.15) is 5.75 Å². The van der Waals surface area contributed by atoms with Gasteiger partial charge in [-0.2, -0.15) is 0 Å². The summed E-state index contributed by atoms with van der Waals surface area (Å²) in [7, 11) is 0. The van der Waals surface area contributed by atoms with Crippen molar-refractivity contribution >= 4 is 0 Å². The molecular weight excluding hydrogens is 232 g/mol. The number of phenols is 1. The van der Waals surface area contributed by atoms with Crippen LogP contribution in [0.1, 0.15) is 52.0 Å². The Bertz CT molecular complexity index is 421. The Morgan fingerprint density at radius 2 is 1.89 bits per heavy atom. The summed E-state index contributed by atoms with van der Waals surface area (Å²) in [6.45, 7) is 9.92. The van der Waals surface area contributed by atoms with Crippen LogP contribution in [0, 0.1) is 11.8 Å². The van der Waals surface area contributed by atoms with Crippen molar-refractivity contribution < 1.29 is 5.11 Å². The number of rotatable bonds is 5. The molecule has 0 atom stereocenters. The average Bonchev–Trinajstić information content (AvgIpc) is 2.40. The molecule has 19 heavy (non-hydrogen) atoms. The molecule has 0 aromatic heterocycles. The van der Waals surface area contributed by atoms with E-state index in [0.29, 0.717) is 5.75 Å². The highest BCUT2D eigenvalue weighted by Gasteiger charge is 1.92. The molecule has 1 rings (SSSR count). The molecule has 0 fully saturated rings. The second-order valence-corrected chi connectivity index (χ2v) is 4.33. The molecule has 0 heterocycles. The topological polar surface area (TPSA) is 20.2 Å². The van der Waals surface area contributed by atoms with Crippen LogP contribution in [0.4, 0.5) is 0 Å². The van der Waals surface area contributed by atoms with Gasteiger partial charge in [0.25, 0.3) is 0 Å². The van der Waals surface area contributed by atoms with Gasteiger partial charge in [0.2, 0.25) is 0 Å². The van der Waals surface area contributed by atoms with Crippen LogP contribution >= 0.6 is 0 Å². The molecule has 0 radical (unpaired) electrons. The fourth-order valence-corrected chi connectivity index (χ4v) is 1.57. The number of unbranched alkanes of at least 4 members (excludes halogenated alkanes) is 1. The normalized spacial score (nSPS) is 8.79. The number of aromatic hydroxyl groups is 1. The Kier molecular flexibility index (Phi) is 10.4. The predicted molar refractivity (Wildman–Crippen MR) is 84.2 cm³/mol. The van der Waals surface area contributed by atoms with E-state index >= 15 is 0 Å². The van der Waals surface area contributed by atoms with E-state index in [-0.39, 0.29) is 0 Å². The second kappa shape index (κ2) is 11.4. The van der Waals surface area contributed by atoms with Crippen molar-refractivity contribution in [2.75, 3.05) is 0 Å². The quantitative estimate of drug-likeness (QED) is 0.442. The molecule has 0 bridgehead atoms. The van der Waals surface area contributed by atoms with Gasteiger partial charge in [-0.1, -0.05) is 31.6 Å². The third kappa shape index (κ3) is 9.97. The summed E-state index contributed by atoms with van der Waals surface area (Å²) in [5.74, 6) is 6.67. The maximum atomic E-state index is 9.29. The van der Waals surface area contributed by atoms with Gasteiger partial charge in [-0.05, 0) is 43.9 Å². The fraction of sp³-hybridized carbons (Fsp3) is 0.444. The molecule has 1 aromatic rings. The van der Waals surface area contributed by atoms with Crippen LogP contribution in [0.3, 0.4) is 0 Å². The summed E-state index contributed by atoms with van der Waals surface area (Å²) in [5, 5.41) is 9.29. The Labute approximate surface area is 118 Å². The summed E-state index contributed by atoms with van der Waals surface area (Å²) >= 11 is 0. The largest absolute Gasteiger partial charge is 0.508 e. The second-order valence-electron chi connectivity index (χ2n) is 4.33. The fourth-order valence-electron chi connectivity index (χ4n) is 1.57. The first-order valence-corrected chi connectivity index (χ1v) is 7.06. The first-order chi connectivity index (χ1) is 9.18. The predicted octanol–water partition coefficient (Wildman–Crippen LogP) is 5.10. The van der Waals surface area contributed by atoms with Crippen molar-refractivity contribution in [2.45, 2.75) is 52.9 Å². The smallest absolute Gasteiger partial charge is 0.115 e. The molecule has 0 amide bonds. The highest BCUT2D eigenvalue weighted by atomic mass is 16.3.